The van der Waals surface area contributed by atoms with Crippen LogP contribution in [0.5, 0.6) is 0 Å². The number of nitrogens with one attached hydrogen (secondary N) is 1. The Balaban J connectivity index is 1.75. The summed E-state index contributed by atoms with van der Waals surface area (Å²) in [6.45, 7) is 4.17. The monoisotopic (exact) mass is 385 g/mol. The van der Waals surface area contributed by atoms with Crippen molar-refractivity contribution >= 4 is 29.2 Å². The van der Waals surface area contributed by atoms with Gasteiger partial charge in [0.1, 0.15) is 0 Å². The van der Waals surface area contributed by atoms with E-state index in [1.165, 1.54) is 38.4 Å². The normalized spacial score (nSPS) is 17.0. The van der Waals surface area contributed by atoms with Gasteiger partial charge in [-0.15, -0.1) is 0 Å². The number of ether oxygens (including phenoxy) is 1. The minimum Gasteiger partial charge on any atom is -0.469 e. The third kappa shape index (κ3) is 5.87. The molecule has 1 aliphatic rings. The molecule has 0 amide bonds. The lowest BCUT2D eigenvalue weighted by Crippen LogP contribution is -2.36. The Kier molecular flexibility index (Phi) is 8.05. The molecule has 0 aromatic heterocycles. The van der Waals surface area contributed by atoms with E-state index in [1.54, 1.807) is 0 Å². The standard InChI is InChI=1S/C20H29Cl2NO2/c1-15(8-12-23-11-3-5-19(24)25-2)14-20(9-4-10-20)16-6-7-17(21)18(22)13-16/h6-7,13,15,23H,3-5,8-12,14H2,1-2H3. The molecule has 1 N–H and O–H groups in total. The highest BCUT2D eigenvalue weighted by atomic mass is 35.5. The van der Waals surface area contributed by atoms with Crippen molar-refractivity contribution in [1.29, 1.82) is 0 Å². The van der Waals surface area contributed by atoms with Gasteiger partial charge in [-0.3, -0.25) is 4.79 Å². The number of methoxy groups -OCH3 is 1. The molecule has 1 aliphatic carbocycles. The zero-order valence-electron chi connectivity index (χ0n) is 15.2. The van der Waals surface area contributed by atoms with Crippen LogP contribution in [-0.2, 0) is 14.9 Å². The molecule has 0 aliphatic heterocycles. The maximum atomic E-state index is 11.1. The van der Waals surface area contributed by atoms with Gasteiger partial charge in [0.2, 0.25) is 0 Å². The second-order valence-electron chi connectivity index (χ2n) is 7.29. The van der Waals surface area contributed by atoms with Crippen molar-refractivity contribution in [2.75, 3.05) is 20.2 Å². The summed E-state index contributed by atoms with van der Waals surface area (Å²) in [6, 6.07) is 6.12. The molecular formula is C20H29Cl2NO2. The summed E-state index contributed by atoms with van der Waals surface area (Å²) >= 11 is 12.3. The summed E-state index contributed by atoms with van der Waals surface area (Å²) in [4.78, 5) is 11.1. The van der Waals surface area contributed by atoms with Crippen LogP contribution in [0.25, 0.3) is 0 Å². The number of rotatable bonds is 10. The molecule has 1 atom stereocenters. The largest absolute Gasteiger partial charge is 0.469 e. The van der Waals surface area contributed by atoms with Gasteiger partial charge in [0.15, 0.2) is 0 Å². The van der Waals surface area contributed by atoms with E-state index in [-0.39, 0.29) is 11.4 Å². The van der Waals surface area contributed by atoms with Crippen molar-refractivity contribution in [2.24, 2.45) is 5.92 Å². The van der Waals surface area contributed by atoms with Gasteiger partial charge in [-0.2, -0.15) is 0 Å². The van der Waals surface area contributed by atoms with E-state index in [4.69, 9.17) is 23.2 Å². The SMILES string of the molecule is COC(=O)CCCNCCC(C)CC1(c2ccc(Cl)c(Cl)c2)CCC1. The first-order chi connectivity index (χ1) is 12.0. The van der Waals surface area contributed by atoms with Gasteiger partial charge in [-0.1, -0.05) is 42.6 Å². The summed E-state index contributed by atoms with van der Waals surface area (Å²) in [5.74, 6) is 0.506. The van der Waals surface area contributed by atoms with E-state index in [0.29, 0.717) is 22.4 Å². The lowest BCUT2D eigenvalue weighted by Gasteiger charge is -2.44. The van der Waals surface area contributed by atoms with Crippen LogP contribution < -0.4 is 5.32 Å². The molecule has 0 saturated heterocycles. The Morgan fingerprint density at radius 2 is 2.04 bits per heavy atom. The first-order valence-corrected chi connectivity index (χ1v) is 9.95. The molecule has 1 aromatic carbocycles. The second-order valence-corrected chi connectivity index (χ2v) is 8.10. The molecule has 1 aromatic rings. The van der Waals surface area contributed by atoms with E-state index in [9.17, 15) is 4.79 Å². The van der Waals surface area contributed by atoms with E-state index in [0.717, 1.165) is 25.9 Å². The van der Waals surface area contributed by atoms with E-state index in [2.05, 4.69) is 29.1 Å². The minimum atomic E-state index is -0.135. The lowest BCUT2D eigenvalue weighted by atomic mass is 9.60. The fourth-order valence-corrected chi connectivity index (χ4v) is 4.04. The smallest absolute Gasteiger partial charge is 0.305 e. The van der Waals surface area contributed by atoms with Crippen LogP contribution in [0.15, 0.2) is 18.2 Å². The van der Waals surface area contributed by atoms with Crippen LogP contribution >= 0.6 is 23.2 Å². The summed E-state index contributed by atoms with van der Waals surface area (Å²) in [6.07, 6.45) is 7.41. The third-order valence-electron chi connectivity index (χ3n) is 5.36. The minimum absolute atomic E-state index is 0.135. The molecule has 0 spiro atoms. The summed E-state index contributed by atoms with van der Waals surface area (Å²) in [5, 5.41) is 4.71. The van der Waals surface area contributed by atoms with E-state index in [1.807, 2.05) is 6.07 Å². The van der Waals surface area contributed by atoms with Gasteiger partial charge >= 0.3 is 5.97 Å². The molecule has 25 heavy (non-hydrogen) atoms. The van der Waals surface area contributed by atoms with Crippen molar-refractivity contribution in [1.82, 2.24) is 5.32 Å². The molecule has 1 fully saturated rings. The average Bonchev–Trinajstić information content (AvgIpc) is 2.56. The first-order valence-electron chi connectivity index (χ1n) is 9.20. The van der Waals surface area contributed by atoms with Crippen LogP contribution in [0.3, 0.4) is 0 Å². The number of hydrogen-bond donors (Lipinski definition) is 1. The van der Waals surface area contributed by atoms with Crippen LogP contribution in [0.2, 0.25) is 10.0 Å². The van der Waals surface area contributed by atoms with Gasteiger partial charge < -0.3 is 10.1 Å². The average molecular weight is 386 g/mol. The Labute approximate surface area is 161 Å². The van der Waals surface area contributed by atoms with Gasteiger partial charge in [-0.25, -0.2) is 0 Å². The zero-order chi connectivity index (χ0) is 18.3. The van der Waals surface area contributed by atoms with Gasteiger partial charge in [0.05, 0.1) is 17.2 Å². The van der Waals surface area contributed by atoms with E-state index < -0.39 is 0 Å². The quantitative estimate of drug-likeness (QED) is 0.434. The highest BCUT2D eigenvalue weighted by Gasteiger charge is 2.39. The molecule has 5 heteroatoms. The predicted molar refractivity (Wildman–Crippen MR) is 105 cm³/mol. The fourth-order valence-electron chi connectivity index (χ4n) is 3.74. The second kappa shape index (κ2) is 9.80. The fraction of sp³-hybridized carbons (Fsp3) is 0.650. The maximum Gasteiger partial charge on any atom is 0.305 e. The molecule has 2 rings (SSSR count). The van der Waals surface area contributed by atoms with Gasteiger partial charge in [0, 0.05) is 6.42 Å². The van der Waals surface area contributed by atoms with Gasteiger partial charge in [0.25, 0.3) is 0 Å². The summed E-state index contributed by atoms with van der Waals surface area (Å²) in [5.41, 5.74) is 1.62. The number of esters is 1. The van der Waals surface area contributed by atoms with E-state index >= 15 is 0 Å². The van der Waals surface area contributed by atoms with Crippen molar-refractivity contribution in [3.63, 3.8) is 0 Å². The molecule has 1 saturated carbocycles. The molecule has 140 valence electrons. The third-order valence-corrected chi connectivity index (χ3v) is 6.10. The summed E-state index contributed by atoms with van der Waals surface area (Å²) < 4.78 is 4.64. The van der Waals surface area contributed by atoms with Crippen molar-refractivity contribution in [3.05, 3.63) is 33.8 Å². The number of benzene rings is 1. The van der Waals surface area contributed by atoms with Crippen molar-refractivity contribution in [2.45, 2.75) is 57.3 Å². The van der Waals surface area contributed by atoms with Crippen LogP contribution in [0.1, 0.15) is 57.4 Å². The zero-order valence-corrected chi connectivity index (χ0v) is 16.8. The Hall–Kier alpha value is -0.770. The number of halogens is 2. The summed E-state index contributed by atoms with van der Waals surface area (Å²) in [7, 11) is 1.43. The maximum absolute atomic E-state index is 11.1. The van der Waals surface area contributed by atoms with Gasteiger partial charge in [-0.05, 0) is 74.2 Å². The van der Waals surface area contributed by atoms with Crippen molar-refractivity contribution < 1.29 is 9.53 Å². The van der Waals surface area contributed by atoms with Crippen LogP contribution in [0.4, 0.5) is 0 Å². The lowest BCUT2D eigenvalue weighted by molar-refractivity contribution is -0.140. The highest BCUT2D eigenvalue weighted by molar-refractivity contribution is 6.42. The molecule has 1 unspecified atom stereocenters. The molecular weight excluding hydrogens is 357 g/mol. The Morgan fingerprint density at radius 1 is 1.28 bits per heavy atom. The number of carbonyl (C=O) groups excluding carboxylic acids is 1. The molecule has 0 radical (unpaired) electrons. The Bertz CT molecular complexity index is 573. The number of carbonyl (C=O) groups is 1. The first kappa shape index (κ1) is 20.5. The molecule has 0 heterocycles. The van der Waals surface area contributed by atoms with Crippen LogP contribution in [0, 0.1) is 5.92 Å². The predicted octanol–water partition coefficient (Wildman–Crippen LogP) is 5.37. The van der Waals surface area contributed by atoms with Crippen LogP contribution in [-0.4, -0.2) is 26.2 Å². The molecule has 3 nitrogen and oxygen atoms in total. The van der Waals surface area contributed by atoms with Crippen molar-refractivity contribution in [3.8, 4) is 0 Å². The number of hydrogen-bond acceptors (Lipinski definition) is 3. The highest BCUT2D eigenvalue weighted by Crippen LogP contribution is 2.49. The topological polar surface area (TPSA) is 38.3 Å². The molecule has 0 bridgehead atoms. The Morgan fingerprint density at radius 3 is 2.64 bits per heavy atom.